The van der Waals surface area contributed by atoms with Gasteiger partial charge in [0.2, 0.25) is 0 Å². The Morgan fingerprint density at radius 1 is 1.20 bits per heavy atom. The van der Waals surface area contributed by atoms with Crippen LogP contribution >= 0.6 is 0 Å². The number of nitrogen functional groups attached to an aromatic ring is 1. The maximum atomic E-state index is 6.05. The summed E-state index contributed by atoms with van der Waals surface area (Å²) in [6, 6.07) is 8.18. The molecule has 0 atom stereocenters. The van der Waals surface area contributed by atoms with Crippen molar-refractivity contribution in [3.63, 3.8) is 0 Å². The molecule has 20 heavy (non-hydrogen) atoms. The zero-order valence-electron chi connectivity index (χ0n) is 12.6. The number of rotatable bonds is 7. The van der Waals surface area contributed by atoms with E-state index in [-0.39, 0.29) is 0 Å². The van der Waals surface area contributed by atoms with Crippen LogP contribution in [0.4, 0.5) is 5.69 Å². The average Bonchev–Trinajstić information content (AvgIpc) is 2.48. The Bertz CT molecular complexity index is 391. The standard InChI is InChI=1S/C16H27N3O/c1-2-7-19(9-8-18-10-12-20-13-11-18)14-15-5-3-4-6-16(15)17/h3-6H,2,7-14,17H2,1H3. The lowest BCUT2D eigenvalue weighted by atomic mass is 10.1. The number of para-hydroxylation sites is 1. The highest BCUT2D eigenvalue weighted by molar-refractivity contribution is 5.46. The van der Waals surface area contributed by atoms with Crippen LogP contribution in [-0.4, -0.2) is 55.7 Å². The second-order valence-corrected chi connectivity index (χ2v) is 5.43. The van der Waals surface area contributed by atoms with E-state index < -0.39 is 0 Å². The first-order valence-corrected chi connectivity index (χ1v) is 7.65. The summed E-state index contributed by atoms with van der Waals surface area (Å²) in [6.45, 7) is 10.4. The summed E-state index contributed by atoms with van der Waals surface area (Å²) in [4.78, 5) is 4.99. The van der Waals surface area contributed by atoms with Crippen molar-refractivity contribution < 1.29 is 4.74 Å². The van der Waals surface area contributed by atoms with Gasteiger partial charge in [0.05, 0.1) is 13.2 Å². The molecule has 112 valence electrons. The predicted octanol–water partition coefficient (Wildman–Crippen LogP) is 1.81. The van der Waals surface area contributed by atoms with Crippen LogP contribution in [0.1, 0.15) is 18.9 Å². The molecular formula is C16H27N3O. The summed E-state index contributed by atoms with van der Waals surface area (Å²) in [5.74, 6) is 0. The minimum Gasteiger partial charge on any atom is -0.398 e. The molecule has 0 spiro atoms. The summed E-state index contributed by atoms with van der Waals surface area (Å²) in [7, 11) is 0. The van der Waals surface area contributed by atoms with Crippen molar-refractivity contribution in [2.24, 2.45) is 0 Å². The molecule has 2 N–H and O–H groups in total. The fourth-order valence-corrected chi connectivity index (χ4v) is 2.61. The van der Waals surface area contributed by atoms with Gasteiger partial charge < -0.3 is 10.5 Å². The second-order valence-electron chi connectivity index (χ2n) is 5.43. The van der Waals surface area contributed by atoms with Crippen molar-refractivity contribution in [3.8, 4) is 0 Å². The zero-order valence-corrected chi connectivity index (χ0v) is 12.6. The molecule has 1 saturated heterocycles. The summed E-state index contributed by atoms with van der Waals surface area (Å²) in [5.41, 5.74) is 8.19. The lowest BCUT2D eigenvalue weighted by molar-refractivity contribution is 0.0329. The number of nitrogens with two attached hydrogens (primary N) is 1. The highest BCUT2D eigenvalue weighted by atomic mass is 16.5. The molecule has 4 heteroatoms. The predicted molar refractivity (Wildman–Crippen MR) is 83.7 cm³/mol. The monoisotopic (exact) mass is 277 g/mol. The van der Waals surface area contributed by atoms with Gasteiger partial charge in [0.15, 0.2) is 0 Å². The van der Waals surface area contributed by atoms with Crippen molar-refractivity contribution in [2.75, 3.05) is 51.7 Å². The van der Waals surface area contributed by atoms with Gasteiger partial charge in [-0.1, -0.05) is 25.1 Å². The first kappa shape index (κ1) is 15.3. The Balaban J connectivity index is 1.84. The van der Waals surface area contributed by atoms with E-state index in [4.69, 9.17) is 10.5 Å². The Hall–Kier alpha value is -1.10. The van der Waals surface area contributed by atoms with Gasteiger partial charge in [-0.25, -0.2) is 0 Å². The first-order chi connectivity index (χ1) is 9.79. The topological polar surface area (TPSA) is 41.7 Å². The quantitative estimate of drug-likeness (QED) is 0.772. The molecule has 0 saturated carbocycles. The van der Waals surface area contributed by atoms with Crippen LogP contribution in [0, 0.1) is 0 Å². The third-order valence-electron chi connectivity index (χ3n) is 3.83. The molecule has 1 aliphatic rings. The Morgan fingerprint density at radius 2 is 1.95 bits per heavy atom. The lowest BCUT2D eigenvalue weighted by Crippen LogP contribution is -2.41. The maximum absolute atomic E-state index is 6.05. The molecule has 1 heterocycles. The van der Waals surface area contributed by atoms with Gasteiger partial charge >= 0.3 is 0 Å². The van der Waals surface area contributed by atoms with Gasteiger partial charge in [0.1, 0.15) is 0 Å². The number of hydrogen-bond donors (Lipinski definition) is 1. The maximum Gasteiger partial charge on any atom is 0.0594 e. The molecule has 2 rings (SSSR count). The molecule has 0 amide bonds. The molecule has 0 aliphatic carbocycles. The number of ether oxygens (including phenoxy) is 1. The number of morpholine rings is 1. The van der Waals surface area contributed by atoms with E-state index in [2.05, 4.69) is 28.9 Å². The zero-order chi connectivity index (χ0) is 14.2. The molecular weight excluding hydrogens is 250 g/mol. The molecule has 0 radical (unpaired) electrons. The highest BCUT2D eigenvalue weighted by Crippen LogP contribution is 2.13. The number of nitrogens with zero attached hydrogens (tertiary/aromatic N) is 2. The van der Waals surface area contributed by atoms with E-state index in [9.17, 15) is 0 Å². The summed E-state index contributed by atoms with van der Waals surface area (Å²) >= 11 is 0. The highest BCUT2D eigenvalue weighted by Gasteiger charge is 2.13. The van der Waals surface area contributed by atoms with Gasteiger partial charge in [0, 0.05) is 38.4 Å². The van der Waals surface area contributed by atoms with Crippen molar-refractivity contribution in [1.82, 2.24) is 9.80 Å². The van der Waals surface area contributed by atoms with Crippen molar-refractivity contribution in [3.05, 3.63) is 29.8 Å². The Labute approximate surface area is 122 Å². The minimum absolute atomic E-state index is 0.874. The van der Waals surface area contributed by atoms with E-state index in [0.29, 0.717) is 0 Å². The van der Waals surface area contributed by atoms with Gasteiger partial charge in [0.25, 0.3) is 0 Å². The van der Waals surface area contributed by atoms with Crippen molar-refractivity contribution in [1.29, 1.82) is 0 Å². The van der Waals surface area contributed by atoms with E-state index in [1.54, 1.807) is 0 Å². The molecule has 0 bridgehead atoms. The first-order valence-electron chi connectivity index (χ1n) is 7.65. The third kappa shape index (κ3) is 4.78. The van der Waals surface area contributed by atoms with Crippen molar-refractivity contribution in [2.45, 2.75) is 19.9 Å². The van der Waals surface area contributed by atoms with E-state index in [1.165, 1.54) is 12.0 Å². The minimum atomic E-state index is 0.874. The van der Waals surface area contributed by atoms with Crippen LogP contribution in [-0.2, 0) is 11.3 Å². The number of anilines is 1. The van der Waals surface area contributed by atoms with E-state index >= 15 is 0 Å². The Kier molecular flexibility index (Phi) is 6.30. The summed E-state index contributed by atoms with van der Waals surface area (Å²) in [6.07, 6.45) is 1.18. The van der Waals surface area contributed by atoms with Crippen molar-refractivity contribution >= 4 is 5.69 Å². The smallest absolute Gasteiger partial charge is 0.0594 e. The van der Waals surface area contributed by atoms with Crippen LogP contribution in [0.3, 0.4) is 0 Å². The van der Waals surface area contributed by atoms with Crippen LogP contribution in [0.5, 0.6) is 0 Å². The number of benzene rings is 1. The molecule has 1 fully saturated rings. The largest absolute Gasteiger partial charge is 0.398 e. The molecule has 1 aromatic carbocycles. The van der Waals surface area contributed by atoms with Gasteiger partial charge in [-0.15, -0.1) is 0 Å². The van der Waals surface area contributed by atoms with Crippen LogP contribution in [0.2, 0.25) is 0 Å². The van der Waals surface area contributed by atoms with Crippen LogP contribution < -0.4 is 5.73 Å². The SMILES string of the molecule is CCCN(CCN1CCOCC1)Cc1ccccc1N. The molecule has 1 aliphatic heterocycles. The summed E-state index contributed by atoms with van der Waals surface area (Å²) in [5, 5.41) is 0. The molecule has 0 unspecified atom stereocenters. The molecule has 1 aromatic rings. The van der Waals surface area contributed by atoms with Crippen LogP contribution in [0.25, 0.3) is 0 Å². The lowest BCUT2D eigenvalue weighted by Gasteiger charge is -2.30. The fraction of sp³-hybridized carbons (Fsp3) is 0.625. The fourth-order valence-electron chi connectivity index (χ4n) is 2.61. The van der Waals surface area contributed by atoms with Gasteiger partial charge in [-0.2, -0.15) is 0 Å². The Morgan fingerprint density at radius 3 is 2.65 bits per heavy atom. The normalized spacial score (nSPS) is 16.7. The van der Waals surface area contributed by atoms with E-state index in [0.717, 1.165) is 58.2 Å². The molecule has 0 aromatic heterocycles. The van der Waals surface area contributed by atoms with Gasteiger partial charge in [-0.05, 0) is 24.6 Å². The second kappa shape index (κ2) is 8.25. The van der Waals surface area contributed by atoms with Gasteiger partial charge in [-0.3, -0.25) is 9.80 Å². The summed E-state index contributed by atoms with van der Waals surface area (Å²) < 4.78 is 5.39. The third-order valence-corrected chi connectivity index (χ3v) is 3.83. The molecule has 4 nitrogen and oxygen atoms in total. The number of hydrogen-bond acceptors (Lipinski definition) is 4. The van der Waals surface area contributed by atoms with E-state index in [1.807, 2.05) is 12.1 Å². The average molecular weight is 277 g/mol. The van der Waals surface area contributed by atoms with Crippen LogP contribution in [0.15, 0.2) is 24.3 Å².